The number of allylic oxidation sites excluding steroid dienone is 1. The Morgan fingerprint density at radius 1 is 1.10 bits per heavy atom. The van der Waals surface area contributed by atoms with E-state index in [9.17, 15) is 17.6 Å². The number of hydrogen-bond donors (Lipinski definition) is 1. The van der Waals surface area contributed by atoms with E-state index in [2.05, 4.69) is 11.4 Å². The number of benzene rings is 1. The molecule has 0 amide bonds. The summed E-state index contributed by atoms with van der Waals surface area (Å²) in [5, 5.41) is 3.08. The topological polar surface area (TPSA) is 12.0 Å². The first-order valence-electron chi connectivity index (χ1n) is 7.20. The number of nitrogens with one attached hydrogen (secondary N) is 1. The quantitative estimate of drug-likeness (QED) is 0.467. The zero-order valence-electron chi connectivity index (χ0n) is 11.8. The second-order valence-corrected chi connectivity index (χ2v) is 5.38. The van der Waals surface area contributed by atoms with Gasteiger partial charge in [0.2, 0.25) is 0 Å². The number of halogens is 4. The molecule has 2 rings (SSSR count). The van der Waals surface area contributed by atoms with Gasteiger partial charge in [0.15, 0.2) is 0 Å². The van der Waals surface area contributed by atoms with Crippen molar-refractivity contribution in [1.82, 2.24) is 5.32 Å². The van der Waals surface area contributed by atoms with Crippen LogP contribution in [0.15, 0.2) is 29.8 Å². The predicted molar refractivity (Wildman–Crippen MR) is 74.3 cm³/mol. The molecule has 116 valence electrons. The van der Waals surface area contributed by atoms with Crippen LogP contribution in [0.4, 0.5) is 17.6 Å². The van der Waals surface area contributed by atoms with Crippen LogP contribution in [0.5, 0.6) is 0 Å². The number of alkyl halides is 3. The van der Waals surface area contributed by atoms with Gasteiger partial charge in [-0.15, -0.1) is 0 Å². The summed E-state index contributed by atoms with van der Waals surface area (Å²) in [4.78, 5) is 0. The fourth-order valence-corrected chi connectivity index (χ4v) is 2.53. The van der Waals surface area contributed by atoms with Gasteiger partial charge in [0.05, 0.1) is 5.56 Å². The molecule has 0 fully saturated rings. The van der Waals surface area contributed by atoms with E-state index in [0.29, 0.717) is 18.2 Å². The summed E-state index contributed by atoms with van der Waals surface area (Å²) in [6.07, 6.45) is 3.32. The smallest absolute Gasteiger partial charge is 0.312 e. The predicted octanol–water partition coefficient (Wildman–Crippen LogP) is 4.82. The zero-order valence-corrected chi connectivity index (χ0v) is 11.8. The summed E-state index contributed by atoms with van der Waals surface area (Å²) in [6, 6.07) is 2.66. The Morgan fingerprint density at radius 2 is 1.90 bits per heavy atom. The van der Waals surface area contributed by atoms with Gasteiger partial charge in [-0.2, -0.15) is 13.2 Å². The minimum absolute atomic E-state index is 0.244. The molecule has 1 N–H and O–H groups in total. The van der Waals surface area contributed by atoms with E-state index in [1.165, 1.54) is 18.4 Å². The van der Waals surface area contributed by atoms with Crippen molar-refractivity contribution < 1.29 is 17.6 Å². The molecule has 1 nitrogen and oxygen atoms in total. The Morgan fingerprint density at radius 3 is 2.57 bits per heavy atom. The standard InChI is InChI=1S/C16H19F4N/c17-15-9-13(8-14(10-15)16(18,19)20)11-21-7-6-12-4-2-1-3-5-12/h4,8-10,21H,1-3,5-7,11H2. The van der Waals surface area contributed by atoms with Gasteiger partial charge in [0.1, 0.15) is 5.82 Å². The highest BCUT2D eigenvalue weighted by Crippen LogP contribution is 2.30. The largest absolute Gasteiger partial charge is 0.416 e. The van der Waals surface area contributed by atoms with Crippen molar-refractivity contribution in [3.8, 4) is 0 Å². The summed E-state index contributed by atoms with van der Waals surface area (Å²) in [5.74, 6) is -0.850. The molecule has 21 heavy (non-hydrogen) atoms. The lowest BCUT2D eigenvalue weighted by Gasteiger charge is -2.13. The average molecular weight is 301 g/mol. The number of rotatable bonds is 5. The first-order valence-corrected chi connectivity index (χ1v) is 7.20. The average Bonchev–Trinajstić information content (AvgIpc) is 2.43. The van der Waals surface area contributed by atoms with E-state index < -0.39 is 17.6 Å². The minimum atomic E-state index is -4.51. The van der Waals surface area contributed by atoms with Crippen molar-refractivity contribution in [2.45, 2.75) is 44.8 Å². The van der Waals surface area contributed by atoms with Gasteiger partial charge in [0.25, 0.3) is 0 Å². The maximum atomic E-state index is 13.2. The van der Waals surface area contributed by atoms with Crippen LogP contribution in [0.3, 0.4) is 0 Å². The normalized spacial score (nSPS) is 15.9. The van der Waals surface area contributed by atoms with Crippen molar-refractivity contribution in [1.29, 1.82) is 0 Å². The third kappa shape index (κ3) is 5.16. The van der Waals surface area contributed by atoms with Crippen LogP contribution in [-0.2, 0) is 12.7 Å². The summed E-state index contributed by atoms with van der Waals surface area (Å²) < 4.78 is 51.0. The monoisotopic (exact) mass is 301 g/mol. The van der Waals surface area contributed by atoms with E-state index in [0.717, 1.165) is 31.4 Å². The molecular formula is C16H19F4N. The molecular weight excluding hydrogens is 282 g/mol. The van der Waals surface area contributed by atoms with E-state index >= 15 is 0 Å². The Hall–Kier alpha value is -1.36. The fourth-order valence-electron chi connectivity index (χ4n) is 2.53. The summed E-state index contributed by atoms with van der Waals surface area (Å²) in [7, 11) is 0. The Bertz CT molecular complexity index is 505. The van der Waals surface area contributed by atoms with Gasteiger partial charge in [-0.1, -0.05) is 11.6 Å². The molecule has 0 bridgehead atoms. The number of hydrogen-bond acceptors (Lipinski definition) is 1. The van der Waals surface area contributed by atoms with Crippen LogP contribution in [0, 0.1) is 5.82 Å². The van der Waals surface area contributed by atoms with Crippen LogP contribution < -0.4 is 5.32 Å². The lowest BCUT2D eigenvalue weighted by atomic mass is 9.97. The highest BCUT2D eigenvalue weighted by Gasteiger charge is 2.31. The highest BCUT2D eigenvalue weighted by atomic mass is 19.4. The van der Waals surface area contributed by atoms with Gasteiger partial charge in [-0.05, 0) is 62.4 Å². The van der Waals surface area contributed by atoms with Gasteiger partial charge in [0, 0.05) is 6.54 Å². The van der Waals surface area contributed by atoms with Crippen molar-refractivity contribution in [2.75, 3.05) is 6.54 Å². The Kier molecular flexibility index (Phi) is 5.39. The Labute approximate surface area is 122 Å². The second kappa shape index (κ2) is 7.07. The van der Waals surface area contributed by atoms with Gasteiger partial charge in [-0.3, -0.25) is 0 Å². The zero-order chi connectivity index (χ0) is 15.3. The SMILES string of the molecule is Fc1cc(CNCCC2=CCCCC2)cc(C(F)(F)F)c1. The van der Waals surface area contributed by atoms with Gasteiger partial charge in [-0.25, -0.2) is 4.39 Å². The third-order valence-corrected chi connectivity index (χ3v) is 3.62. The molecule has 0 unspecified atom stereocenters. The Balaban J connectivity index is 1.85. The summed E-state index contributed by atoms with van der Waals surface area (Å²) >= 11 is 0. The van der Waals surface area contributed by atoms with Crippen molar-refractivity contribution >= 4 is 0 Å². The molecule has 0 aliphatic heterocycles. The molecule has 1 aromatic rings. The maximum absolute atomic E-state index is 13.2. The van der Waals surface area contributed by atoms with E-state index in [-0.39, 0.29) is 6.54 Å². The van der Waals surface area contributed by atoms with Crippen LogP contribution in [0.1, 0.15) is 43.2 Å². The molecule has 0 saturated heterocycles. The molecule has 1 aromatic carbocycles. The van der Waals surface area contributed by atoms with Crippen LogP contribution in [0.2, 0.25) is 0 Å². The van der Waals surface area contributed by atoms with E-state index in [1.54, 1.807) is 0 Å². The maximum Gasteiger partial charge on any atom is 0.416 e. The third-order valence-electron chi connectivity index (χ3n) is 3.62. The molecule has 0 saturated carbocycles. The first kappa shape index (κ1) is 16.0. The lowest BCUT2D eigenvalue weighted by Crippen LogP contribution is -2.16. The van der Waals surface area contributed by atoms with Crippen molar-refractivity contribution in [3.63, 3.8) is 0 Å². The fraction of sp³-hybridized carbons (Fsp3) is 0.500. The lowest BCUT2D eigenvalue weighted by molar-refractivity contribution is -0.137. The van der Waals surface area contributed by atoms with Gasteiger partial charge >= 0.3 is 6.18 Å². The molecule has 0 radical (unpaired) electrons. The summed E-state index contributed by atoms with van der Waals surface area (Å²) in [6.45, 7) is 0.942. The molecule has 1 aliphatic carbocycles. The summed E-state index contributed by atoms with van der Waals surface area (Å²) in [5.41, 5.74) is 0.790. The van der Waals surface area contributed by atoms with E-state index in [4.69, 9.17) is 0 Å². The second-order valence-electron chi connectivity index (χ2n) is 5.38. The van der Waals surface area contributed by atoms with Crippen LogP contribution in [0.25, 0.3) is 0 Å². The molecule has 0 heterocycles. The molecule has 5 heteroatoms. The highest BCUT2D eigenvalue weighted by molar-refractivity contribution is 5.26. The molecule has 0 aromatic heterocycles. The molecule has 0 spiro atoms. The van der Waals surface area contributed by atoms with Crippen LogP contribution >= 0.6 is 0 Å². The minimum Gasteiger partial charge on any atom is -0.312 e. The first-order chi connectivity index (χ1) is 9.95. The van der Waals surface area contributed by atoms with E-state index in [1.807, 2.05) is 0 Å². The van der Waals surface area contributed by atoms with Crippen molar-refractivity contribution in [3.05, 3.63) is 46.8 Å². The van der Waals surface area contributed by atoms with Crippen molar-refractivity contribution in [2.24, 2.45) is 0 Å². The molecule has 1 aliphatic rings. The molecule has 0 atom stereocenters. The van der Waals surface area contributed by atoms with Crippen LogP contribution in [-0.4, -0.2) is 6.54 Å². The van der Waals surface area contributed by atoms with Gasteiger partial charge < -0.3 is 5.32 Å².